The van der Waals surface area contributed by atoms with Gasteiger partial charge in [-0.1, -0.05) is 13.8 Å². The van der Waals surface area contributed by atoms with Crippen molar-refractivity contribution < 1.29 is 13.2 Å². The van der Waals surface area contributed by atoms with Gasteiger partial charge in [0.25, 0.3) is 0 Å². The molecule has 0 fully saturated rings. The van der Waals surface area contributed by atoms with Gasteiger partial charge in [0, 0.05) is 40.0 Å². The molecule has 0 unspecified atom stereocenters. The first-order valence-electron chi connectivity index (χ1n) is 8.85. The molecule has 1 aromatic heterocycles. The van der Waals surface area contributed by atoms with Crippen molar-refractivity contribution in [3.05, 3.63) is 24.0 Å². The zero-order valence-electron chi connectivity index (χ0n) is 16.1. The summed E-state index contributed by atoms with van der Waals surface area (Å²) in [6, 6.07) is 4.98. The minimum atomic E-state index is -3.50. The summed E-state index contributed by atoms with van der Waals surface area (Å²) >= 11 is 0. The third-order valence-electron chi connectivity index (χ3n) is 4.18. The Hall–Kier alpha value is -1.93. The number of aromatic nitrogens is 2. The van der Waals surface area contributed by atoms with Crippen molar-refractivity contribution in [2.75, 3.05) is 20.6 Å². The van der Waals surface area contributed by atoms with Crippen LogP contribution in [0.2, 0.25) is 0 Å². The van der Waals surface area contributed by atoms with Crippen molar-refractivity contribution in [2.45, 2.75) is 45.1 Å². The van der Waals surface area contributed by atoms with Crippen LogP contribution in [0.25, 0.3) is 11.0 Å². The van der Waals surface area contributed by atoms with E-state index in [1.165, 1.54) is 18.4 Å². The number of aryl methyl sites for hydroxylation is 2. The van der Waals surface area contributed by atoms with Crippen molar-refractivity contribution in [3.63, 3.8) is 0 Å². The average molecular weight is 381 g/mol. The van der Waals surface area contributed by atoms with Crippen molar-refractivity contribution in [1.82, 2.24) is 19.2 Å². The first-order valence-corrected chi connectivity index (χ1v) is 10.3. The van der Waals surface area contributed by atoms with Gasteiger partial charge >= 0.3 is 0 Å². The van der Waals surface area contributed by atoms with Crippen molar-refractivity contribution in [1.29, 1.82) is 0 Å². The number of nitrogens with one attached hydrogen (secondary N) is 1. The molecule has 144 valence electrons. The minimum Gasteiger partial charge on any atom is -0.356 e. The van der Waals surface area contributed by atoms with Gasteiger partial charge in [0.2, 0.25) is 15.9 Å². The van der Waals surface area contributed by atoms with Crippen LogP contribution in [-0.2, 0) is 27.8 Å². The van der Waals surface area contributed by atoms with Gasteiger partial charge in [-0.2, -0.15) is 0 Å². The number of nitrogens with zero attached hydrogens (tertiary/aromatic N) is 3. The Labute approximate surface area is 155 Å². The summed E-state index contributed by atoms with van der Waals surface area (Å²) in [6.45, 7) is 7.48. The second-order valence-electron chi connectivity index (χ2n) is 6.91. The molecule has 1 aromatic carbocycles. The second-order valence-corrected chi connectivity index (χ2v) is 9.06. The highest BCUT2D eigenvalue weighted by molar-refractivity contribution is 7.89. The van der Waals surface area contributed by atoms with Gasteiger partial charge in [-0.15, -0.1) is 0 Å². The van der Waals surface area contributed by atoms with Gasteiger partial charge in [0.05, 0.1) is 15.9 Å². The Morgan fingerprint density at radius 1 is 1.31 bits per heavy atom. The number of hydrogen-bond donors (Lipinski definition) is 1. The number of imidazole rings is 1. The Kier molecular flexibility index (Phi) is 6.41. The largest absolute Gasteiger partial charge is 0.356 e. The monoisotopic (exact) mass is 380 g/mol. The van der Waals surface area contributed by atoms with Crippen molar-refractivity contribution in [3.8, 4) is 0 Å². The van der Waals surface area contributed by atoms with Crippen LogP contribution in [-0.4, -0.2) is 48.8 Å². The quantitative estimate of drug-likeness (QED) is 0.759. The van der Waals surface area contributed by atoms with Crippen LogP contribution in [0.3, 0.4) is 0 Å². The summed E-state index contributed by atoms with van der Waals surface area (Å²) in [6.07, 6.45) is 0.876. The number of fused-ring (bicyclic) bond motifs is 1. The molecule has 7 nitrogen and oxygen atoms in total. The summed E-state index contributed by atoms with van der Waals surface area (Å²) < 4.78 is 27.8. The van der Waals surface area contributed by atoms with Gasteiger partial charge in [-0.05, 0) is 31.0 Å². The van der Waals surface area contributed by atoms with Gasteiger partial charge in [-0.3, -0.25) is 4.79 Å². The van der Waals surface area contributed by atoms with Crippen LogP contribution in [0.15, 0.2) is 23.1 Å². The molecule has 0 aliphatic carbocycles. The predicted octanol–water partition coefficient (Wildman–Crippen LogP) is 2.01. The Morgan fingerprint density at radius 2 is 2.00 bits per heavy atom. The Bertz CT molecular complexity index is 885. The Balaban J connectivity index is 2.27. The van der Waals surface area contributed by atoms with E-state index < -0.39 is 10.0 Å². The molecule has 1 amide bonds. The maximum atomic E-state index is 12.3. The normalized spacial score (nSPS) is 12.3. The average Bonchev–Trinajstić information content (AvgIpc) is 2.94. The first-order chi connectivity index (χ1) is 12.2. The molecule has 2 aromatic rings. The minimum absolute atomic E-state index is 0.00397. The maximum Gasteiger partial charge on any atom is 0.242 e. The summed E-state index contributed by atoms with van der Waals surface area (Å²) in [5.74, 6) is 1.21. The van der Waals surface area contributed by atoms with E-state index >= 15 is 0 Å². The third-order valence-corrected chi connectivity index (χ3v) is 5.99. The molecule has 0 aliphatic rings. The smallest absolute Gasteiger partial charge is 0.242 e. The molecule has 2 rings (SSSR count). The van der Waals surface area contributed by atoms with Crippen LogP contribution >= 0.6 is 0 Å². The van der Waals surface area contributed by atoms with E-state index in [0.717, 1.165) is 11.3 Å². The zero-order chi connectivity index (χ0) is 19.5. The molecular formula is C18H28N4O3S. The topological polar surface area (TPSA) is 84.3 Å². The molecule has 8 heteroatoms. The number of hydrogen-bond acceptors (Lipinski definition) is 4. The van der Waals surface area contributed by atoms with Crippen molar-refractivity contribution in [2.24, 2.45) is 5.92 Å². The fourth-order valence-corrected chi connectivity index (χ4v) is 3.63. The predicted molar refractivity (Wildman–Crippen MR) is 102 cm³/mol. The number of carbonyl (C=O) groups is 1. The zero-order valence-corrected chi connectivity index (χ0v) is 16.9. The molecule has 0 atom stereocenters. The fraction of sp³-hybridized carbons (Fsp3) is 0.556. The van der Waals surface area contributed by atoms with E-state index in [2.05, 4.69) is 24.1 Å². The molecule has 0 aliphatic heterocycles. The number of sulfonamides is 1. The fourth-order valence-electron chi connectivity index (χ4n) is 2.71. The van der Waals surface area contributed by atoms with Crippen LogP contribution < -0.4 is 5.32 Å². The molecule has 0 spiro atoms. The van der Waals surface area contributed by atoms with E-state index in [1.54, 1.807) is 18.2 Å². The number of amides is 1. The highest BCUT2D eigenvalue weighted by atomic mass is 32.2. The van der Waals surface area contributed by atoms with E-state index in [1.807, 2.05) is 11.5 Å². The lowest BCUT2D eigenvalue weighted by Crippen LogP contribution is -2.27. The Morgan fingerprint density at radius 3 is 2.58 bits per heavy atom. The summed E-state index contributed by atoms with van der Waals surface area (Å²) in [5, 5.41) is 2.90. The molecule has 1 N–H and O–H groups in total. The van der Waals surface area contributed by atoms with Crippen LogP contribution in [0.5, 0.6) is 0 Å². The standard InChI is InChI=1S/C18H28N4O3S/c1-6-22-16-8-7-14(26(24,25)21(4)5)11-15(16)20-17(22)9-10-18(23)19-12-13(2)3/h7-8,11,13H,6,9-10,12H2,1-5H3,(H,19,23). The SMILES string of the molecule is CCn1c(CCC(=O)NCC(C)C)nc2cc(S(=O)(=O)N(C)C)ccc21. The van der Waals surface area contributed by atoms with Gasteiger partial charge < -0.3 is 9.88 Å². The molecule has 0 saturated heterocycles. The lowest BCUT2D eigenvalue weighted by Gasteiger charge is -2.11. The van der Waals surface area contributed by atoms with Gasteiger partial charge in [-0.25, -0.2) is 17.7 Å². The number of rotatable bonds is 8. The van der Waals surface area contributed by atoms with Crippen LogP contribution in [0.4, 0.5) is 0 Å². The molecule has 0 radical (unpaired) electrons. The summed E-state index contributed by atoms with van der Waals surface area (Å²) in [7, 11) is -0.489. The highest BCUT2D eigenvalue weighted by Crippen LogP contribution is 2.22. The van der Waals surface area contributed by atoms with E-state index in [0.29, 0.717) is 37.4 Å². The van der Waals surface area contributed by atoms with E-state index in [-0.39, 0.29) is 10.8 Å². The van der Waals surface area contributed by atoms with Gasteiger partial charge in [0.15, 0.2) is 0 Å². The lowest BCUT2D eigenvalue weighted by atomic mass is 10.2. The first kappa shape index (κ1) is 20.4. The second kappa shape index (κ2) is 8.18. The summed E-state index contributed by atoms with van der Waals surface area (Å²) in [4.78, 5) is 16.8. The van der Waals surface area contributed by atoms with Crippen LogP contribution in [0.1, 0.15) is 33.0 Å². The summed E-state index contributed by atoms with van der Waals surface area (Å²) in [5.41, 5.74) is 1.51. The maximum absolute atomic E-state index is 12.3. The highest BCUT2D eigenvalue weighted by Gasteiger charge is 2.19. The van der Waals surface area contributed by atoms with E-state index in [9.17, 15) is 13.2 Å². The van der Waals surface area contributed by atoms with Gasteiger partial charge in [0.1, 0.15) is 5.82 Å². The number of benzene rings is 1. The molecule has 0 bridgehead atoms. The molecule has 0 saturated carbocycles. The molecular weight excluding hydrogens is 352 g/mol. The van der Waals surface area contributed by atoms with Crippen LogP contribution in [0, 0.1) is 5.92 Å². The molecule has 26 heavy (non-hydrogen) atoms. The van der Waals surface area contributed by atoms with Crippen molar-refractivity contribution >= 4 is 27.0 Å². The molecule has 1 heterocycles. The number of carbonyl (C=O) groups excluding carboxylic acids is 1. The third kappa shape index (κ3) is 4.42. The van der Waals surface area contributed by atoms with E-state index in [4.69, 9.17) is 0 Å². The lowest BCUT2D eigenvalue weighted by molar-refractivity contribution is -0.121.